The number of rotatable bonds is 4. The number of piperidine rings is 1. The molecule has 0 spiro atoms. The molecule has 30 heavy (non-hydrogen) atoms. The van der Waals surface area contributed by atoms with Crippen LogP contribution in [0.25, 0.3) is 10.9 Å². The summed E-state index contributed by atoms with van der Waals surface area (Å²) in [5, 5.41) is 3.77. The molecule has 4 rings (SSSR count). The standard InChI is InChI=1S/C22H22ClN3O3S/c1-15-5-4-12-26(14-15)30(28,29)21-13-16(9-10-18(21)23)22(27)25-20-8-2-7-19-17(20)6-3-11-24-19/h2-3,6-11,13,15H,4-5,12,14H2,1H3,(H,25,27). The molecule has 0 saturated carbocycles. The summed E-state index contributed by atoms with van der Waals surface area (Å²) in [4.78, 5) is 17.1. The Morgan fingerprint density at radius 3 is 2.83 bits per heavy atom. The maximum absolute atomic E-state index is 13.2. The minimum absolute atomic E-state index is 0.0366. The van der Waals surface area contributed by atoms with Crippen LogP contribution in [0.3, 0.4) is 0 Å². The molecule has 1 aliphatic rings. The average molecular weight is 444 g/mol. The Labute approximate surface area is 180 Å². The predicted molar refractivity (Wildman–Crippen MR) is 118 cm³/mol. The SMILES string of the molecule is CC1CCCN(S(=O)(=O)c2cc(C(=O)Nc3cccc4ncccc34)ccc2Cl)C1. The van der Waals surface area contributed by atoms with Gasteiger partial charge in [0.1, 0.15) is 4.90 Å². The van der Waals surface area contributed by atoms with Crippen molar-refractivity contribution < 1.29 is 13.2 Å². The number of halogens is 1. The van der Waals surface area contributed by atoms with Crippen LogP contribution in [-0.2, 0) is 10.0 Å². The molecule has 3 aromatic rings. The maximum atomic E-state index is 13.2. The zero-order valence-corrected chi connectivity index (χ0v) is 18.1. The topological polar surface area (TPSA) is 79.4 Å². The van der Waals surface area contributed by atoms with E-state index in [1.807, 2.05) is 19.1 Å². The largest absolute Gasteiger partial charge is 0.321 e. The van der Waals surface area contributed by atoms with E-state index in [2.05, 4.69) is 10.3 Å². The van der Waals surface area contributed by atoms with Crippen molar-refractivity contribution in [1.29, 1.82) is 0 Å². The van der Waals surface area contributed by atoms with E-state index < -0.39 is 15.9 Å². The minimum Gasteiger partial charge on any atom is -0.321 e. The number of nitrogens with one attached hydrogen (secondary N) is 1. The third-order valence-electron chi connectivity index (χ3n) is 5.32. The number of nitrogens with zero attached hydrogens (tertiary/aromatic N) is 2. The minimum atomic E-state index is -3.78. The lowest BCUT2D eigenvalue weighted by molar-refractivity contribution is 0.102. The van der Waals surface area contributed by atoms with Crippen LogP contribution in [0.1, 0.15) is 30.1 Å². The van der Waals surface area contributed by atoms with Crippen molar-refractivity contribution >= 4 is 44.1 Å². The lowest BCUT2D eigenvalue weighted by Gasteiger charge is -2.30. The fraction of sp³-hybridized carbons (Fsp3) is 0.273. The van der Waals surface area contributed by atoms with Crippen LogP contribution < -0.4 is 5.32 Å². The number of carbonyl (C=O) groups is 1. The molecule has 1 amide bonds. The van der Waals surface area contributed by atoms with Gasteiger partial charge >= 0.3 is 0 Å². The van der Waals surface area contributed by atoms with Gasteiger partial charge in [0.15, 0.2) is 0 Å². The summed E-state index contributed by atoms with van der Waals surface area (Å²) in [6.45, 7) is 2.95. The number of fused-ring (bicyclic) bond motifs is 1. The smallest absolute Gasteiger partial charge is 0.255 e. The molecule has 1 unspecified atom stereocenters. The molecular formula is C22H22ClN3O3S. The number of anilines is 1. The molecule has 2 heterocycles. The van der Waals surface area contributed by atoms with Crippen molar-refractivity contribution in [2.75, 3.05) is 18.4 Å². The first-order valence-electron chi connectivity index (χ1n) is 9.81. The van der Waals surface area contributed by atoms with Crippen LogP contribution in [0.4, 0.5) is 5.69 Å². The van der Waals surface area contributed by atoms with Gasteiger partial charge in [0.2, 0.25) is 10.0 Å². The first kappa shape index (κ1) is 20.8. The number of hydrogen-bond donors (Lipinski definition) is 1. The highest BCUT2D eigenvalue weighted by Gasteiger charge is 2.31. The molecule has 1 atom stereocenters. The van der Waals surface area contributed by atoms with Crippen LogP contribution in [0.15, 0.2) is 59.6 Å². The predicted octanol–water partition coefficient (Wildman–Crippen LogP) is 4.56. The van der Waals surface area contributed by atoms with Crippen LogP contribution in [-0.4, -0.2) is 36.7 Å². The van der Waals surface area contributed by atoms with Gasteiger partial charge in [-0.3, -0.25) is 9.78 Å². The van der Waals surface area contributed by atoms with E-state index in [1.165, 1.54) is 22.5 Å². The Bertz CT molecular complexity index is 1210. The van der Waals surface area contributed by atoms with Crippen LogP contribution in [0.2, 0.25) is 5.02 Å². The number of amides is 1. The second-order valence-electron chi connectivity index (χ2n) is 7.59. The van der Waals surface area contributed by atoms with Crippen LogP contribution >= 0.6 is 11.6 Å². The van der Waals surface area contributed by atoms with Crippen LogP contribution in [0.5, 0.6) is 0 Å². The molecule has 1 fully saturated rings. The number of pyridine rings is 1. The highest BCUT2D eigenvalue weighted by atomic mass is 35.5. The number of benzene rings is 2. The lowest BCUT2D eigenvalue weighted by atomic mass is 10.0. The molecule has 1 saturated heterocycles. The van der Waals surface area contributed by atoms with Gasteiger partial charge in [0, 0.05) is 30.2 Å². The monoisotopic (exact) mass is 443 g/mol. The van der Waals surface area contributed by atoms with Gasteiger partial charge in [0.25, 0.3) is 5.91 Å². The molecule has 156 valence electrons. The Kier molecular flexibility index (Phi) is 5.77. The summed E-state index contributed by atoms with van der Waals surface area (Å²) in [6, 6.07) is 13.5. The second-order valence-corrected chi connectivity index (χ2v) is 9.90. The number of aromatic nitrogens is 1. The van der Waals surface area contributed by atoms with E-state index in [1.54, 1.807) is 24.4 Å². The molecule has 1 N–H and O–H groups in total. The Morgan fingerprint density at radius 1 is 1.20 bits per heavy atom. The van der Waals surface area contributed by atoms with Gasteiger partial charge in [-0.05, 0) is 61.2 Å². The molecular weight excluding hydrogens is 422 g/mol. The zero-order valence-electron chi connectivity index (χ0n) is 16.5. The summed E-state index contributed by atoms with van der Waals surface area (Å²) in [5.74, 6) is -0.120. The van der Waals surface area contributed by atoms with E-state index in [0.717, 1.165) is 23.7 Å². The quantitative estimate of drug-likeness (QED) is 0.641. The van der Waals surface area contributed by atoms with Gasteiger partial charge in [-0.1, -0.05) is 24.6 Å². The van der Waals surface area contributed by atoms with Gasteiger partial charge < -0.3 is 5.32 Å². The van der Waals surface area contributed by atoms with E-state index in [4.69, 9.17) is 11.6 Å². The van der Waals surface area contributed by atoms with Crippen molar-refractivity contribution in [1.82, 2.24) is 9.29 Å². The summed E-state index contributed by atoms with van der Waals surface area (Å²) in [5.41, 5.74) is 1.59. The molecule has 6 nitrogen and oxygen atoms in total. The summed E-state index contributed by atoms with van der Waals surface area (Å²) in [7, 11) is -3.78. The number of sulfonamides is 1. The Balaban J connectivity index is 1.65. The first-order valence-corrected chi connectivity index (χ1v) is 11.6. The Morgan fingerprint density at radius 2 is 2.03 bits per heavy atom. The van der Waals surface area contributed by atoms with Gasteiger partial charge in [-0.2, -0.15) is 4.31 Å². The van der Waals surface area contributed by atoms with Crippen LogP contribution in [0, 0.1) is 5.92 Å². The molecule has 8 heteroatoms. The van der Waals surface area contributed by atoms with Crippen molar-refractivity contribution in [3.63, 3.8) is 0 Å². The van der Waals surface area contributed by atoms with Gasteiger partial charge in [-0.15, -0.1) is 0 Å². The number of carbonyl (C=O) groups excluding carboxylic acids is 1. The number of hydrogen-bond acceptors (Lipinski definition) is 4. The highest BCUT2D eigenvalue weighted by Crippen LogP contribution is 2.30. The summed E-state index contributed by atoms with van der Waals surface area (Å²) in [6.07, 6.45) is 3.50. The van der Waals surface area contributed by atoms with Gasteiger partial charge in [0.05, 0.1) is 16.2 Å². The molecule has 2 aromatic carbocycles. The van der Waals surface area contributed by atoms with Crippen molar-refractivity contribution in [3.8, 4) is 0 Å². The molecule has 0 aliphatic carbocycles. The van der Waals surface area contributed by atoms with Crippen molar-refractivity contribution in [2.45, 2.75) is 24.7 Å². The normalized spacial score (nSPS) is 17.7. The third-order valence-corrected chi connectivity index (χ3v) is 7.67. The summed E-state index contributed by atoms with van der Waals surface area (Å²) < 4.78 is 27.8. The molecule has 0 radical (unpaired) electrons. The second kappa shape index (κ2) is 8.34. The fourth-order valence-electron chi connectivity index (χ4n) is 3.75. The Hall–Kier alpha value is -2.48. The van der Waals surface area contributed by atoms with E-state index in [0.29, 0.717) is 24.7 Å². The lowest BCUT2D eigenvalue weighted by Crippen LogP contribution is -2.39. The zero-order chi connectivity index (χ0) is 21.3. The highest BCUT2D eigenvalue weighted by molar-refractivity contribution is 7.89. The molecule has 1 aliphatic heterocycles. The van der Waals surface area contributed by atoms with E-state index in [9.17, 15) is 13.2 Å². The van der Waals surface area contributed by atoms with E-state index in [-0.39, 0.29) is 15.5 Å². The van der Waals surface area contributed by atoms with Crippen molar-refractivity contribution in [2.24, 2.45) is 5.92 Å². The average Bonchev–Trinajstić information content (AvgIpc) is 2.74. The third kappa shape index (κ3) is 4.05. The first-order chi connectivity index (χ1) is 14.4. The molecule has 0 bridgehead atoms. The fourth-order valence-corrected chi connectivity index (χ4v) is 5.85. The van der Waals surface area contributed by atoms with Crippen molar-refractivity contribution in [3.05, 3.63) is 65.3 Å². The van der Waals surface area contributed by atoms with E-state index >= 15 is 0 Å². The molecule has 1 aromatic heterocycles. The maximum Gasteiger partial charge on any atom is 0.255 e. The summed E-state index contributed by atoms with van der Waals surface area (Å²) >= 11 is 6.23. The van der Waals surface area contributed by atoms with Gasteiger partial charge in [-0.25, -0.2) is 8.42 Å².